The lowest BCUT2D eigenvalue weighted by atomic mass is 9.93. The summed E-state index contributed by atoms with van der Waals surface area (Å²) in [4.78, 5) is 5.18. The van der Waals surface area contributed by atoms with Crippen LogP contribution in [0.25, 0.3) is 5.69 Å². The molecule has 3 heterocycles. The molecule has 2 aromatic rings. The quantitative estimate of drug-likeness (QED) is 0.621. The maximum Gasteiger partial charge on any atom is 0.573 e. The van der Waals surface area contributed by atoms with Gasteiger partial charge in [0.15, 0.2) is 0 Å². The summed E-state index contributed by atoms with van der Waals surface area (Å²) in [5.74, 6) is 1.02. The van der Waals surface area contributed by atoms with Gasteiger partial charge in [0.2, 0.25) is 0 Å². The summed E-state index contributed by atoms with van der Waals surface area (Å²) in [6.07, 6.45) is 0.177. The minimum absolute atomic E-state index is 0.224. The van der Waals surface area contributed by atoms with Gasteiger partial charge in [-0.2, -0.15) is 5.10 Å². The number of likely N-dealkylation sites (tertiary alicyclic amines) is 2. The standard InChI is InChI=1S/C24H33F3N4O/c1-18-4-3-11-30(17-18)15-14-29-12-9-20(10-13-29)23-16-19(2)31(28-23)21-5-7-22(8-6-21)32-24(25,26)27/h5-8,16,18,20H,3-4,9-15,17H2,1-2H3. The molecule has 1 aromatic heterocycles. The zero-order valence-electron chi connectivity index (χ0n) is 18.9. The molecule has 0 spiro atoms. The average molecular weight is 451 g/mol. The number of aromatic nitrogens is 2. The van der Waals surface area contributed by atoms with Gasteiger partial charge >= 0.3 is 6.36 Å². The number of aryl methyl sites for hydroxylation is 1. The monoisotopic (exact) mass is 450 g/mol. The lowest BCUT2D eigenvalue weighted by Gasteiger charge is -2.35. The SMILES string of the molecule is Cc1cc(C2CCN(CCN3CCCC(C)C3)CC2)nn1-c1ccc(OC(F)(F)F)cc1. The minimum atomic E-state index is -4.68. The van der Waals surface area contributed by atoms with Gasteiger partial charge < -0.3 is 14.5 Å². The molecule has 1 aromatic carbocycles. The maximum atomic E-state index is 12.4. The molecule has 32 heavy (non-hydrogen) atoms. The first-order valence-electron chi connectivity index (χ1n) is 11.6. The average Bonchev–Trinajstić information content (AvgIpc) is 3.14. The molecular weight excluding hydrogens is 417 g/mol. The number of benzene rings is 1. The third-order valence-electron chi connectivity index (χ3n) is 6.70. The number of ether oxygens (including phenoxy) is 1. The Morgan fingerprint density at radius 1 is 1.00 bits per heavy atom. The van der Waals surface area contributed by atoms with Crippen LogP contribution in [0.3, 0.4) is 0 Å². The van der Waals surface area contributed by atoms with Crippen LogP contribution in [-0.2, 0) is 0 Å². The molecule has 0 aliphatic carbocycles. The van der Waals surface area contributed by atoms with Crippen LogP contribution in [0, 0.1) is 12.8 Å². The van der Waals surface area contributed by atoms with Crippen molar-refractivity contribution >= 4 is 0 Å². The fraction of sp³-hybridized carbons (Fsp3) is 0.625. The van der Waals surface area contributed by atoms with Crippen molar-refractivity contribution in [2.75, 3.05) is 39.3 Å². The first kappa shape index (κ1) is 23.1. The lowest BCUT2D eigenvalue weighted by Crippen LogP contribution is -2.42. The summed E-state index contributed by atoms with van der Waals surface area (Å²) in [5, 5.41) is 4.79. The molecule has 2 saturated heterocycles. The Bertz CT molecular complexity index is 872. The van der Waals surface area contributed by atoms with E-state index in [1.165, 1.54) is 38.1 Å². The molecule has 0 saturated carbocycles. The van der Waals surface area contributed by atoms with Gasteiger partial charge in [-0.3, -0.25) is 0 Å². The van der Waals surface area contributed by atoms with Gasteiger partial charge in [0.1, 0.15) is 5.75 Å². The fourth-order valence-corrected chi connectivity index (χ4v) is 4.97. The van der Waals surface area contributed by atoms with Crippen molar-refractivity contribution in [1.82, 2.24) is 19.6 Å². The van der Waals surface area contributed by atoms with E-state index in [1.807, 2.05) is 6.92 Å². The van der Waals surface area contributed by atoms with Crippen molar-refractivity contribution in [3.05, 3.63) is 41.7 Å². The molecule has 0 amide bonds. The Kier molecular flexibility index (Phi) is 7.10. The molecule has 0 bridgehead atoms. The Labute approximate surface area is 188 Å². The summed E-state index contributed by atoms with van der Waals surface area (Å²) >= 11 is 0. The van der Waals surface area contributed by atoms with E-state index < -0.39 is 6.36 Å². The largest absolute Gasteiger partial charge is 0.573 e. The molecule has 2 aliphatic heterocycles. The summed E-state index contributed by atoms with van der Waals surface area (Å²) in [6, 6.07) is 7.97. The van der Waals surface area contributed by atoms with Crippen LogP contribution in [-0.4, -0.2) is 65.2 Å². The maximum absolute atomic E-state index is 12.4. The van der Waals surface area contributed by atoms with Crippen molar-refractivity contribution in [1.29, 1.82) is 0 Å². The van der Waals surface area contributed by atoms with Crippen LogP contribution >= 0.6 is 0 Å². The lowest BCUT2D eigenvalue weighted by molar-refractivity contribution is -0.274. The highest BCUT2D eigenvalue weighted by Gasteiger charge is 2.31. The molecule has 5 nitrogen and oxygen atoms in total. The summed E-state index contributed by atoms with van der Waals surface area (Å²) in [5.41, 5.74) is 2.78. The van der Waals surface area contributed by atoms with Gasteiger partial charge in [0.25, 0.3) is 0 Å². The van der Waals surface area contributed by atoms with Crippen LogP contribution in [0.2, 0.25) is 0 Å². The van der Waals surface area contributed by atoms with Crippen LogP contribution in [0.1, 0.15) is 49.9 Å². The Morgan fingerprint density at radius 3 is 2.34 bits per heavy atom. The molecule has 0 N–H and O–H groups in total. The van der Waals surface area contributed by atoms with Crippen molar-refractivity contribution < 1.29 is 17.9 Å². The smallest absolute Gasteiger partial charge is 0.406 e. The van der Waals surface area contributed by atoms with E-state index in [0.717, 1.165) is 62.0 Å². The molecule has 0 radical (unpaired) electrons. The van der Waals surface area contributed by atoms with E-state index in [0.29, 0.717) is 5.92 Å². The molecule has 2 aliphatic rings. The number of hydrogen-bond donors (Lipinski definition) is 0. The Balaban J connectivity index is 1.30. The first-order chi connectivity index (χ1) is 15.3. The topological polar surface area (TPSA) is 33.5 Å². The summed E-state index contributed by atoms with van der Waals surface area (Å²) in [7, 11) is 0. The van der Waals surface area contributed by atoms with Gasteiger partial charge in [-0.25, -0.2) is 4.68 Å². The molecule has 176 valence electrons. The van der Waals surface area contributed by atoms with Crippen molar-refractivity contribution in [2.24, 2.45) is 5.92 Å². The van der Waals surface area contributed by atoms with Gasteiger partial charge in [-0.05, 0) is 88.5 Å². The van der Waals surface area contributed by atoms with Crippen LogP contribution in [0.5, 0.6) is 5.75 Å². The molecule has 1 atom stereocenters. The second-order valence-corrected chi connectivity index (χ2v) is 9.33. The van der Waals surface area contributed by atoms with Crippen LogP contribution in [0.4, 0.5) is 13.2 Å². The third-order valence-corrected chi connectivity index (χ3v) is 6.70. The summed E-state index contributed by atoms with van der Waals surface area (Å²) in [6.45, 7) is 11.3. The zero-order chi connectivity index (χ0) is 22.7. The minimum Gasteiger partial charge on any atom is -0.406 e. The number of halogens is 3. The van der Waals surface area contributed by atoms with Gasteiger partial charge in [0.05, 0.1) is 11.4 Å². The van der Waals surface area contributed by atoms with E-state index in [2.05, 4.69) is 27.5 Å². The van der Waals surface area contributed by atoms with E-state index in [9.17, 15) is 13.2 Å². The molecular formula is C24H33F3N4O. The Morgan fingerprint density at radius 2 is 1.69 bits per heavy atom. The van der Waals surface area contributed by atoms with Gasteiger partial charge in [-0.1, -0.05) is 6.92 Å². The van der Waals surface area contributed by atoms with E-state index in [4.69, 9.17) is 5.10 Å². The van der Waals surface area contributed by atoms with Crippen molar-refractivity contribution in [3.63, 3.8) is 0 Å². The highest BCUT2D eigenvalue weighted by Crippen LogP contribution is 2.29. The molecule has 2 fully saturated rings. The normalized spacial score (nSPS) is 21.7. The molecule has 1 unspecified atom stereocenters. The second kappa shape index (κ2) is 9.83. The summed E-state index contributed by atoms with van der Waals surface area (Å²) < 4.78 is 42.9. The highest BCUT2D eigenvalue weighted by molar-refractivity contribution is 5.38. The zero-order valence-corrected chi connectivity index (χ0v) is 18.9. The van der Waals surface area contributed by atoms with Crippen molar-refractivity contribution in [2.45, 2.75) is 51.8 Å². The van der Waals surface area contributed by atoms with E-state index in [-0.39, 0.29) is 5.75 Å². The number of nitrogens with zero attached hydrogens (tertiary/aromatic N) is 4. The van der Waals surface area contributed by atoms with E-state index >= 15 is 0 Å². The predicted octanol–water partition coefficient (Wildman–Crippen LogP) is 4.99. The number of hydrogen-bond acceptors (Lipinski definition) is 4. The highest BCUT2D eigenvalue weighted by atomic mass is 19.4. The third kappa shape index (κ3) is 6.04. The van der Waals surface area contributed by atoms with Crippen molar-refractivity contribution in [3.8, 4) is 11.4 Å². The fourth-order valence-electron chi connectivity index (χ4n) is 4.97. The number of rotatable bonds is 6. The molecule has 8 heteroatoms. The Hall–Kier alpha value is -2.06. The van der Waals surface area contributed by atoms with Gasteiger partial charge in [0, 0.05) is 31.2 Å². The predicted molar refractivity (Wildman–Crippen MR) is 118 cm³/mol. The first-order valence-corrected chi connectivity index (χ1v) is 11.6. The van der Waals surface area contributed by atoms with E-state index in [1.54, 1.807) is 16.8 Å². The number of alkyl halides is 3. The number of piperidine rings is 2. The van der Waals surface area contributed by atoms with Crippen LogP contribution < -0.4 is 4.74 Å². The molecule has 4 rings (SSSR count). The van der Waals surface area contributed by atoms with Crippen LogP contribution in [0.15, 0.2) is 30.3 Å². The van der Waals surface area contributed by atoms with Gasteiger partial charge in [-0.15, -0.1) is 13.2 Å². The second-order valence-electron chi connectivity index (χ2n) is 9.33.